The molecule has 0 amide bonds. The van der Waals surface area contributed by atoms with E-state index in [1.54, 1.807) is 0 Å². The van der Waals surface area contributed by atoms with Gasteiger partial charge in [0, 0.05) is 15.4 Å². The Morgan fingerprint density at radius 3 is 2.11 bits per heavy atom. The molecule has 0 aliphatic heterocycles. The van der Waals surface area contributed by atoms with Crippen LogP contribution in [0.2, 0.25) is 0 Å². The Morgan fingerprint density at radius 1 is 0.926 bits per heavy atom. The van der Waals surface area contributed by atoms with Crippen LogP contribution in [0.3, 0.4) is 0 Å². The molecular formula is C21H38O2P4. The highest BCUT2D eigenvalue weighted by atomic mass is 32.4. The van der Waals surface area contributed by atoms with Crippen LogP contribution in [0, 0.1) is 5.92 Å². The minimum absolute atomic E-state index is 0.121. The van der Waals surface area contributed by atoms with E-state index in [1.807, 2.05) is 18.2 Å². The Hall–Kier alpha value is 0.340. The highest BCUT2D eigenvalue weighted by molar-refractivity contribution is 8.41. The van der Waals surface area contributed by atoms with E-state index in [4.69, 9.17) is 9.05 Å². The van der Waals surface area contributed by atoms with Gasteiger partial charge in [-0.1, -0.05) is 112 Å². The summed E-state index contributed by atoms with van der Waals surface area (Å²) in [6.45, 7) is 6.55. The lowest BCUT2D eigenvalue weighted by molar-refractivity contribution is 0.181. The molecule has 0 saturated heterocycles. The third kappa shape index (κ3) is 17.0. The summed E-state index contributed by atoms with van der Waals surface area (Å²) in [6.07, 6.45) is 26.9. The molecule has 27 heavy (non-hydrogen) atoms. The van der Waals surface area contributed by atoms with Crippen LogP contribution in [0.15, 0.2) is 60.8 Å². The van der Waals surface area contributed by atoms with Gasteiger partial charge in [-0.05, 0) is 19.3 Å². The van der Waals surface area contributed by atoms with Crippen LogP contribution in [-0.4, -0.2) is 12.2 Å². The zero-order valence-electron chi connectivity index (χ0n) is 17.0. The second kappa shape index (κ2) is 19.6. The maximum atomic E-state index is 5.91. The van der Waals surface area contributed by atoms with Gasteiger partial charge in [-0.2, -0.15) is 0 Å². The summed E-state index contributed by atoms with van der Waals surface area (Å²) in [5.41, 5.74) is 0. The van der Waals surface area contributed by atoms with E-state index in [9.17, 15) is 0 Å². The summed E-state index contributed by atoms with van der Waals surface area (Å²) in [6, 6.07) is 0. The monoisotopic (exact) mass is 446 g/mol. The Bertz CT molecular complexity index is 485. The van der Waals surface area contributed by atoms with Crippen LogP contribution < -0.4 is 0 Å². The van der Waals surface area contributed by atoms with E-state index in [2.05, 4.69) is 90.6 Å². The zero-order valence-corrected chi connectivity index (χ0v) is 21.4. The molecule has 0 aromatic rings. The smallest absolute Gasteiger partial charge is 0.0844 e. The molecule has 6 unspecified atom stereocenters. The molecule has 0 spiro atoms. The Balaban J connectivity index is 4.39. The number of allylic oxidation sites excluding steroid dienone is 7. The van der Waals surface area contributed by atoms with E-state index in [1.165, 1.54) is 12.8 Å². The third-order valence-corrected chi connectivity index (χ3v) is 5.52. The van der Waals surface area contributed by atoms with E-state index < -0.39 is 7.53 Å². The van der Waals surface area contributed by atoms with Crippen molar-refractivity contribution < 1.29 is 9.05 Å². The fraction of sp³-hybridized carbons (Fsp3) is 0.524. The van der Waals surface area contributed by atoms with Crippen molar-refractivity contribution in [3.05, 3.63) is 60.8 Å². The first-order valence-electron chi connectivity index (χ1n) is 9.70. The summed E-state index contributed by atoms with van der Waals surface area (Å²) in [4.78, 5) is 0. The Kier molecular flexibility index (Phi) is 19.9. The fourth-order valence-corrected chi connectivity index (χ4v) is 4.17. The van der Waals surface area contributed by atoms with Crippen molar-refractivity contribution in [2.45, 2.75) is 65.1 Å². The number of hydrogen-bond acceptors (Lipinski definition) is 2. The van der Waals surface area contributed by atoms with Gasteiger partial charge in [0.1, 0.15) is 0 Å². The van der Waals surface area contributed by atoms with Gasteiger partial charge in [0.25, 0.3) is 0 Å². The lowest BCUT2D eigenvalue weighted by Crippen LogP contribution is -2.16. The molecule has 0 aliphatic rings. The second-order valence-corrected chi connectivity index (χ2v) is 12.4. The average Bonchev–Trinajstić information content (AvgIpc) is 2.64. The van der Waals surface area contributed by atoms with Crippen LogP contribution in [0.1, 0.15) is 52.9 Å². The Labute approximate surface area is 175 Å². The number of unbranched alkanes of at least 4 members (excludes halogenated alkanes) is 1. The molecule has 0 bridgehead atoms. The molecule has 0 saturated carbocycles. The van der Waals surface area contributed by atoms with Crippen molar-refractivity contribution in [3.63, 3.8) is 0 Å². The SMILES string of the molecule is CC/C=C\CC(/C=C/C=C\C=C\C=C\C(C)C(CCCC)OP)OP(P)P. The summed E-state index contributed by atoms with van der Waals surface area (Å²) in [5.74, 6) is 0.408. The number of rotatable bonds is 15. The van der Waals surface area contributed by atoms with Gasteiger partial charge in [0.05, 0.1) is 19.7 Å². The van der Waals surface area contributed by atoms with Gasteiger partial charge in [0.2, 0.25) is 0 Å². The summed E-state index contributed by atoms with van der Waals surface area (Å²) < 4.78 is 11.4. The normalized spacial score (nSPS) is 16.7. The predicted octanol–water partition coefficient (Wildman–Crippen LogP) is 7.93. The van der Waals surface area contributed by atoms with Gasteiger partial charge >= 0.3 is 0 Å². The van der Waals surface area contributed by atoms with Gasteiger partial charge in [-0.25, -0.2) is 0 Å². The topological polar surface area (TPSA) is 18.5 Å². The first-order chi connectivity index (χ1) is 13.0. The first-order valence-corrected chi connectivity index (χ1v) is 14.7. The van der Waals surface area contributed by atoms with Crippen LogP contribution in [0.4, 0.5) is 0 Å². The second-order valence-electron chi connectivity index (χ2n) is 6.33. The molecule has 0 radical (unpaired) electrons. The molecule has 0 N–H and O–H groups in total. The molecule has 0 fully saturated rings. The fourth-order valence-electron chi connectivity index (χ4n) is 2.38. The quantitative estimate of drug-likeness (QED) is 0.144. The molecule has 0 aromatic carbocycles. The van der Waals surface area contributed by atoms with E-state index in [0.717, 1.165) is 19.3 Å². The standard InChI is InChI=1S/C21H38O2P4/c1-4-6-12-16-20(23-27(25)26)17-14-11-9-8-10-13-15-19(3)21(22-24)18-7-5-2/h6,8-15,17,19-21H,4-5,7,16,18,24-26H2,1-3H3/b10-8+,11-9-,12-6-,15-13+,17-14+. The van der Waals surface area contributed by atoms with Crippen molar-refractivity contribution in [2.24, 2.45) is 5.92 Å². The van der Waals surface area contributed by atoms with Crippen molar-refractivity contribution in [2.75, 3.05) is 0 Å². The largest absolute Gasteiger partial charge is 0.362 e. The number of hydrogen-bond donors (Lipinski definition) is 0. The lowest BCUT2D eigenvalue weighted by Gasteiger charge is -2.19. The zero-order chi connectivity index (χ0) is 20.3. The predicted molar refractivity (Wildman–Crippen MR) is 135 cm³/mol. The minimum atomic E-state index is -0.521. The van der Waals surface area contributed by atoms with Crippen LogP contribution in [0.5, 0.6) is 0 Å². The van der Waals surface area contributed by atoms with Gasteiger partial charge in [0.15, 0.2) is 0 Å². The van der Waals surface area contributed by atoms with Crippen LogP contribution >= 0.6 is 34.8 Å². The van der Waals surface area contributed by atoms with E-state index >= 15 is 0 Å². The van der Waals surface area contributed by atoms with Gasteiger partial charge in [-0.3, -0.25) is 0 Å². The molecule has 154 valence electrons. The summed E-state index contributed by atoms with van der Waals surface area (Å²) >= 11 is 0. The van der Waals surface area contributed by atoms with Crippen molar-refractivity contribution in [1.29, 1.82) is 0 Å². The molecule has 0 heterocycles. The average molecular weight is 446 g/mol. The molecule has 0 aliphatic carbocycles. The Morgan fingerprint density at radius 2 is 1.56 bits per heavy atom. The molecule has 0 rings (SSSR count). The van der Waals surface area contributed by atoms with Crippen LogP contribution in [-0.2, 0) is 9.05 Å². The lowest BCUT2D eigenvalue weighted by atomic mass is 9.99. The maximum absolute atomic E-state index is 5.91. The molecule has 2 nitrogen and oxygen atoms in total. The maximum Gasteiger partial charge on any atom is 0.0844 e. The van der Waals surface area contributed by atoms with Crippen molar-refractivity contribution >= 4 is 34.8 Å². The van der Waals surface area contributed by atoms with Gasteiger partial charge in [-0.15, -0.1) is 0 Å². The summed E-state index contributed by atoms with van der Waals surface area (Å²) in [7, 11) is 7.31. The highest BCUT2D eigenvalue weighted by Gasteiger charge is 2.12. The van der Waals surface area contributed by atoms with Crippen molar-refractivity contribution in [1.82, 2.24) is 0 Å². The van der Waals surface area contributed by atoms with Crippen molar-refractivity contribution in [3.8, 4) is 0 Å². The molecular weight excluding hydrogens is 408 g/mol. The summed E-state index contributed by atoms with van der Waals surface area (Å²) in [5, 5.41) is 0. The molecule has 6 atom stereocenters. The minimum Gasteiger partial charge on any atom is -0.362 e. The van der Waals surface area contributed by atoms with Crippen LogP contribution in [0.25, 0.3) is 0 Å². The van der Waals surface area contributed by atoms with E-state index in [-0.39, 0.29) is 12.2 Å². The highest BCUT2D eigenvalue weighted by Crippen LogP contribution is 2.54. The van der Waals surface area contributed by atoms with Gasteiger partial charge < -0.3 is 9.05 Å². The third-order valence-electron chi connectivity index (χ3n) is 3.93. The molecule has 0 aromatic heterocycles. The van der Waals surface area contributed by atoms with E-state index in [0.29, 0.717) is 5.92 Å². The first kappa shape index (κ1) is 27.3. The molecule has 6 heteroatoms.